The topological polar surface area (TPSA) is 39.5 Å². The molecule has 1 unspecified atom stereocenters. The van der Waals surface area contributed by atoms with Gasteiger partial charge >= 0.3 is 0 Å². The van der Waals surface area contributed by atoms with Gasteiger partial charge in [0.25, 0.3) is 0 Å². The second kappa shape index (κ2) is 7.14. The maximum absolute atomic E-state index is 5.38. The zero-order valence-corrected chi connectivity index (χ0v) is 14.0. The first-order valence-electron chi connectivity index (χ1n) is 7.91. The quantitative estimate of drug-likeness (QED) is 0.807. The lowest BCUT2D eigenvalue weighted by molar-refractivity contribution is -0.923. The summed E-state index contributed by atoms with van der Waals surface area (Å²) in [6, 6.07) is 7.69. The average Bonchev–Trinajstić information content (AvgIpc) is 2.49. The summed E-state index contributed by atoms with van der Waals surface area (Å²) in [4.78, 5) is 1.67. The molecule has 1 aromatic rings. The van der Waals surface area contributed by atoms with Crippen molar-refractivity contribution in [1.29, 1.82) is 0 Å². The van der Waals surface area contributed by atoms with E-state index in [-0.39, 0.29) is 0 Å². The SMILES string of the molecule is COc1ccc(C[NH2+][C@H]2C[C@H](C)[NH+](C)C[C@H]2C)cc1OC. The first-order valence-corrected chi connectivity index (χ1v) is 7.91. The first-order chi connectivity index (χ1) is 10.0. The van der Waals surface area contributed by atoms with Crippen molar-refractivity contribution in [2.75, 3.05) is 27.8 Å². The molecule has 0 aromatic heterocycles. The van der Waals surface area contributed by atoms with E-state index < -0.39 is 0 Å². The van der Waals surface area contributed by atoms with Crippen LogP contribution in [0, 0.1) is 5.92 Å². The maximum Gasteiger partial charge on any atom is 0.161 e. The number of benzene rings is 1. The molecule has 2 rings (SSSR count). The summed E-state index contributed by atoms with van der Waals surface area (Å²) in [5.74, 6) is 2.38. The lowest BCUT2D eigenvalue weighted by atomic mass is 9.89. The minimum Gasteiger partial charge on any atom is -0.493 e. The van der Waals surface area contributed by atoms with Gasteiger partial charge in [-0.25, -0.2) is 0 Å². The van der Waals surface area contributed by atoms with Crippen LogP contribution in [-0.2, 0) is 6.54 Å². The molecule has 3 N–H and O–H groups in total. The molecule has 1 aromatic carbocycles. The summed E-state index contributed by atoms with van der Waals surface area (Å²) < 4.78 is 10.7. The van der Waals surface area contributed by atoms with Gasteiger partial charge in [0, 0.05) is 5.56 Å². The lowest BCUT2D eigenvalue weighted by Gasteiger charge is -2.35. The third-order valence-corrected chi connectivity index (χ3v) is 4.95. The first kappa shape index (κ1) is 16.1. The van der Waals surface area contributed by atoms with E-state index >= 15 is 0 Å². The van der Waals surface area contributed by atoms with E-state index in [2.05, 4.69) is 38.3 Å². The van der Waals surface area contributed by atoms with Crippen molar-refractivity contribution in [2.24, 2.45) is 5.92 Å². The Bertz CT molecular complexity index is 464. The molecule has 1 aliphatic heterocycles. The third kappa shape index (κ3) is 3.89. The van der Waals surface area contributed by atoms with E-state index in [1.165, 1.54) is 18.5 Å². The number of quaternary nitrogens is 2. The van der Waals surface area contributed by atoms with Crippen molar-refractivity contribution < 1.29 is 19.7 Å². The van der Waals surface area contributed by atoms with Gasteiger partial charge in [-0.05, 0) is 25.1 Å². The fourth-order valence-electron chi connectivity index (χ4n) is 3.33. The van der Waals surface area contributed by atoms with Crippen LogP contribution in [0.4, 0.5) is 0 Å². The number of methoxy groups -OCH3 is 2. The molecule has 118 valence electrons. The molecule has 4 heteroatoms. The Morgan fingerprint density at radius 2 is 1.90 bits per heavy atom. The summed E-state index contributed by atoms with van der Waals surface area (Å²) in [7, 11) is 5.67. The van der Waals surface area contributed by atoms with E-state index in [1.54, 1.807) is 19.1 Å². The number of ether oxygens (including phenoxy) is 2. The second-order valence-electron chi connectivity index (χ2n) is 6.46. The van der Waals surface area contributed by atoms with Crippen molar-refractivity contribution in [3.05, 3.63) is 23.8 Å². The number of piperidine rings is 1. The maximum atomic E-state index is 5.38. The third-order valence-electron chi connectivity index (χ3n) is 4.95. The summed E-state index contributed by atoms with van der Waals surface area (Å²) in [5.41, 5.74) is 1.29. The molecule has 0 spiro atoms. The van der Waals surface area contributed by atoms with E-state index in [9.17, 15) is 0 Å². The standard InChI is InChI=1S/C17H28N2O2/c1-12-11-19(3)13(2)8-15(12)18-10-14-6-7-16(20-4)17(9-14)21-5/h6-7,9,12-13,15,18H,8,10-11H2,1-5H3/p+2/t12-,13+,15+/m1/s1. The number of hydrogen-bond donors (Lipinski definition) is 2. The van der Waals surface area contributed by atoms with Crippen LogP contribution in [0.5, 0.6) is 11.5 Å². The molecule has 21 heavy (non-hydrogen) atoms. The van der Waals surface area contributed by atoms with Crippen LogP contribution in [-0.4, -0.2) is 39.9 Å². The van der Waals surface area contributed by atoms with Gasteiger partial charge in [-0.2, -0.15) is 0 Å². The fourth-order valence-corrected chi connectivity index (χ4v) is 3.33. The zero-order valence-electron chi connectivity index (χ0n) is 14.0. The Hall–Kier alpha value is -1.26. The van der Waals surface area contributed by atoms with Crippen molar-refractivity contribution in [1.82, 2.24) is 0 Å². The van der Waals surface area contributed by atoms with Gasteiger partial charge in [-0.1, -0.05) is 6.92 Å². The predicted octanol–water partition coefficient (Wildman–Crippen LogP) is 0.0788. The van der Waals surface area contributed by atoms with Gasteiger partial charge in [0.05, 0.1) is 52.2 Å². The molecule has 1 saturated heterocycles. The molecule has 0 aliphatic carbocycles. The van der Waals surface area contributed by atoms with Gasteiger partial charge in [-0.3, -0.25) is 0 Å². The van der Waals surface area contributed by atoms with Gasteiger partial charge in [0.15, 0.2) is 11.5 Å². The Kier molecular flexibility index (Phi) is 5.48. The van der Waals surface area contributed by atoms with E-state index in [0.29, 0.717) is 0 Å². The molecule has 1 fully saturated rings. The van der Waals surface area contributed by atoms with Crippen molar-refractivity contribution in [3.8, 4) is 11.5 Å². The van der Waals surface area contributed by atoms with E-state index in [4.69, 9.17) is 9.47 Å². The summed E-state index contributed by atoms with van der Waals surface area (Å²) >= 11 is 0. The monoisotopic (exact) mass is 294 g/mol. The number of nitrogens with two attached hydrogens (primary N) is 1. The summed E-state index contributed by atoms with van der Waals surface area (Å²) in [6.07, 6.45) is 1.29. The van der Waals surface area contributed by atoms with Crippen LogP contribution in [0.2, 0.25) is 0 Å². The smallest absolute Gasteiger partial charge is 0.161 e. The number of likely N-dealkylation sites (tertiary alicyclic amines) is 1. The lowest BCUT2D eigenvalue weighted by Crippen LogP contribution is -3.16. The highest BCUT2D eigenvalue weighted by atomic mass is 16.5. The Labute approximate surface area is 128 Å². The summed E-state index contributed by atoms with van der Waals surface area (Å²) in [6.45, 7) is 7.01. The van der Waals surface area contributed by atoms with Crippen LogP contribution in [0.25, 0.3) is 0 Å². The molecule has 0 bridgehead atoms. The molecule has 1 aliphatic rings. The zero-order chi connectivity index (χ0) is 15.4. The molecule has 4 nitrogen and oxygen atoms in total. The largest absolute Gasteiger partial charge is 0.493 e. The Morgan fingerprint density at radius 3 is 2.57 bits per heavy atom. The highest BCUT2D eigenvalue weighted by Crippen LogP contribution is 2.27. The highest BCUT2D eigenvalue weighted by Gasteiger charge is 2.34. The minimum absolute atomic E-state index is 0.719. The fraction of sp³-hybridized carbons (Fsp3) is 0.647. The highest BCUT2D eigenvalue weighted by molar-refractivity contribution is 5.42. The van der Waals surface area contributed by atoms with E-state index in [0.717, 1.165) is 36.0 Å². The number of rotatable bonds is 5. The van der Waals surface area contributed by atoms with Crippen LogP contribution in [0.1, 0.15) is 25.8 Å². The molecule has 4 atom stereocenters. The van der Waals surface area contributed by atoms with Crippen LogP contribution < -0.4 is 19.7 Å². The van der Waals surface area contributed by atoms with Crippen LogP contribution >= 0.6 is 0 Å². The van der Waals surface area contributed by atoms with Crippen molar-refractivity contribution in [3.63, 3.8) is 0 Å². The summed E-state index contributed by atoms with van der Waals surface area (Å²) in [5, 5.41) is 2.49. The van der Waals surface area contributed by atoms with E-state index in [1.807, 2.05) is 6.07 Å². The normalized spacial score (nSPS) is 29.2. The minimum atomic E-state index is 0.719. The number of hydrogen-bond acceptors (Lipinski definition) is 2. The van der Waals surface area contributed by atoms with Gasteiger partial charge in [0.2, 0.25) is 0 Å². The number of nitrogens with one attached hydrogen (secondary N) is 1. The molecular weight excluding hydrogens is 264 g/mol. The van der Waals surface area contributed by atoms with Crippen molar-refractivity contribution in [2.45, 2.75) is 38.9 Å². The molecule has 0 amide bonds. The van der Waals surface area contributed by atoms with Gasteiger partial charge in [-0.15, -0.1) is 0 Å². The molecule has 0 radical (unpaired) electrons. The molecule has 1 heterocycles. The Balaban J connectivity index is 1.96. The Morgan fingerprint density at radius 1 is 1.19 bits per heavy atom. The van der Waals surface area contributed by atoms with Crippen molar-refractivity contribution >= 4 is 0 Å². The molecular formula is C17H30N2O2+2. The van der Waals surface area contributed by atoms with Gasteiger partial charge < -0.3 is 19.7 Å². The average molecular weight is 294 g/mol. The predicted molar refractivity (Wildman–Crippen MR) is 84.0 cm³/mol. The second-order valence-corrected chi connectivity index (χ2v) is 6.46. The van der Waals surface area contributed by atoms with Crippen LogP contribution in [0.15, 0.2) is 18.2 Å². The van der Waals surface area contributed by atoms with Gasteiger partial charge in [0.1, 0.15) is 6.54 Å². The molecule has 0 saturated carbocycles. The van der Waals surface area contributed by atoms with Crippen LogP contribution in [0.3, 0.4) is 0 Å².